The maximum atomic E-state index is 13.7. The molecule has 1 N–H and O–H groups in total. The number of benzene rings is 2. The van der Waals surface area contributed by atoms with Crippen molar-refractivity contribution in [1.29, 1.82) is 0 Å². The maximum absolute atomic E-state index is 13.7. The molecule has 2 rings (SSSR count). The molecule has 1 nitrogen and oxygen atoms in total. The van der Waals surface area contributed by atoms with Crippen LogP contribution in [-0.4, -0.2) is 0 Å². The van der Waals surface area contributed by atoms with Crippen molar-refractivity contribution in [2.24, 2.45) is 0 Å². The van der Waals surface area contributed by atoms with Crippen LogP contribution in [-0.2, 0) is 6.18 Å². The fourth-order valence-electron chi connectivity index (χ4n) is 2.02. The summed E-state index contributed by atoms with van der Waals surface area (Å²) in [5.74, 6) is -0.457. The summed E-state index contributed by atoms with van der Waals surface area (Å²) in [6, 6.07) is 9.04. The molecular formula is C15H12BrF4N. The van der Waals surface area contributed by atoms with Crippen molar-refractivity contribution in [3.05, 3.63) is 63.9 Å². The van der Waals surface area contributed by atoms with Crippen LogP contribution in [0.3, 0.4) is 0 Å². The summed E-state index contributed by atoms with van der Waals surface area (Å²) in [6.07, 6.45) is -4.47. The van der Waals surface area contributed by atoms with Gasteiger partial charge in [0.15, 0.2) is 0 Å². The van der Waals surface area contributed by atoms with Gasteiger partial charge in [-0.3, -0.25) is 0 Å². The molecular weight excluding hydrogens is 350 g/mol. The largest absolute Gasteiger partial charge is 0.418 e. The fourth-order valence-corrected chi connectivity index (χ4v) is 2.38. The molecule has 0 aliphatic carbocycles. The number of hydrogen-bond donors (Lipinski definition) is 1. The summed E-state index contributed by atoms with van der Waals surface area (Å²) in [7, 11) is 0. The monoisotopic (exact) mass is 361 g/mol. The molecule has 1 unspecified atom stereocenters. The van der Waals surface area contributed by atoms with Gasteiger partial charge in [0.05, 0.1) is 11.6 Å². The zero-order chi connectivity index (χ0) is 15.6. The zero-order valence-electron chi connectivity index (χ0n) is 11.0. The summed E-state index contributed by atoms with van der Waals surface area (Å²) < 4.78 is 53.1. The Hall–Kier alpha value is -1.56. The number of nitrogens with one attached hydrogen (secondary N) is 1. The predicted octanol–water partition coefficient (Wildman–Crippen LogP) is 5.78. The van der Waals surface area contributed by atoms with E-state index in [4.69, 9.17) is 0 Å². The molecule has 0 saturated heterocycles. The van der Waals surface area contributed by atoms with Crippen molar-refractivity contribution in [2.75, 3.05) is 5.32 Å². The molecule has 0 bridgehead atoms. The molecule has 6 heteroatoms. The highest BCUT2D eigenvalue weighted by Gasteiger charge is 2.33. The lowest BCUT2D eigenvalue weighted by Crippen LogP contribution is -2.14. The second kappa shape index (κ2) is 6.05. The number of alkyl halides is 3. The first-order chi connectivity index (χ1) is 9.79. The van der Waals surface area contributed by atoms with Gasteiger partial charge in [-0.25, -0.2) is 4.39 Å². The van der Waals surface area contributed by atoms with Gasteiger partial charge < -0.3 is 5.32 Å². The molecule has 0 spiro atoms. The van der Waals surface area contributed by atoms with Crippen molar-refractivity contribution in [2.45, 2.75) is 19.1 Å². The smallest absolute Gasteiger partial charge is 0.378 e. The van der Waals surface area contributed by atoms with Gasteiger partial charge in [-0.15, -0.1) is 0 Å². The van der Waals surface area contributed by atoms with Crippen LogP contribution in [0.15, 0.2) is 46.9 Å². The van der Waals surface area contributed by atoms with Crippen LogP contribution in [0, 0.1) is 5.82 Å². The van der Waals surface area contributed by atoms with E-state index in [9.17, 15) is 17.6 Å². The Labute approximate surface area is 128 Å². The highest BCUT2D eigenvalue weighted by Crippen LogP contribution is 2.37. The fraction of sp³-hybridized carbons (Fsp3) is 0.200. The normalized spacial score (nSPS) is 13.0. The van der Waals surface area contributed by atoms with E-state index in [2.05, 4.69) is 21.2 Å². The zero-order valence-corrected chi connectivity index (χ0v) is 12.6. The van der Waals surface area contributed by atoms with Crippen LogP contribution in [0.2, 0.25) is 0 Å². The molecule has 0 amide bonds. The summed E-state index contributed by atoms with van der Waals surface area (Å²) in [4.78, 5) is 0. The topological polar surface area (TPSA) is 12.0 Å². The Balaban J connectivity index is 2.35. The first-order valence-electron chi connectivity index (χ1n) is 6.16. The van der Waals surface area contributed by atoms with Crippen molar-refractivity contribution >= 4 is 21.6 Å². The van der Waals surface area contributed by atoms with E-state index < -0.39 is 23.6 Å². The van der Waals surface area contributed by atoms with E-state index in [1.54, 1.807) is 13.0 Å². The minimum atomic E-state index is -4.47. The van der Waals surface area contributed by atoms with Crippen molar-refractivity contribution in [1.82, 2.24) is 0 Å². The molecule has 0 aromatic heterocycles. The van der Waals surface area contributed by atoms with Crippen LogP contribution >= 0.6 is 15.9 Å². The summed E-state index contributed by atoms with van der Waals surface area (Å²) in [5, 5.41) is 2.72. The van der Waals surface area contributed by atoms with E-state index in [1.165, 1.54) is 30.3 Å². The first kappa shape index (κ1) is 15.8. The second-order valence-corrected chi connectivity index (χ2v) is 5.49. The molecule has 112 valence electrons. The first-order valence-corrected chi connectivity index (χ1v) is 6.96. The Kier molecular flexibility index (Phi) is 4.56. The van der Waals surface area contributed by atoms with Gasteiger partial charge in [-0.05, 0) is 31.2 Å². The molecule has 2 aromatic rings. The molecule has 2 aromatic carbocycles. The molecule has 0 radical (unpaired) electrons. The lowest BCUT2D eigenvalue weighted by Gasteiger charge is -2.20. The van der Waals surface area contributed by atoms with Crippen molar-refractivity contribution in [3.63, 3.8) is 0 Å². The average molecular weight is 362 g/mol. The number of rotatable bonds is 3. The third-order valence-electron chi connectivity index (χ3n) is 3.03. The predicted molar refractivity (Wildman–Crippen MR) is 77.6 cm³/mol. The third-order valence-corrected chi connectivity index (χ3v) is 3.52. The highest BCUT2D eigenvalue weighted by atomic mass is 79.9. The molecule has 21 heavy (non-hydrogen) atoms. The Morgan fingerprint density at radius 3 is 2.38 bits per heavy atom. The SMILES string of the molecule is CC(Nc1cc(Br)ccc1C(F)(F)F)c1ccccc1F. The standard InChI is InChI=1S/C15H12BrF4N/c1-9(11-4-2-3-5-13(11)17)21-14-8-10(16)6-7-12(14)15(18,19)20/h2-9,21H,1H3. The lowest BCUT2D eigenvalue weighted by atomic mass is 10.1. The Morgan fingerprint density at radius 1 is 1.10 bits per heavy atom. The van der Waals surface area contributed by atoms with Crippen LogP contribution in [0.25, 0.3) is 0 Å². The maximum Gasteiger partial charge on any atom is 0.418 e. The van der Waals surface area contributed by atoms with E-state index in [0.29, 0.717) is 10.0 Å². The second-order valence-electron chi connectivity index (χ2n) is 4.58. The number of anilines is 1. The molecule has 0 aliphatic heterocycles. The van der Waals surface area contributed by atoms with Gasteiger partial charge in [0, 0.05) is 15.7 Å². The quantitative estimate of drug-likeness (QED) is 0.683. The minimum Gasteiger partial charge on any atom is -0.378 e. The molecule has 1 atom stereocenters. The Morgan fingerprint density at radius 2 is 1.76 bits per heavy atom. The molecule has 0 saturated carbocycles. The molecule has 0 heterocycles. The van der Waals surface area contributed by atoms with Crippen LogP contribution in [0.1, 0.15) is 24.1 Å². The summed E-state index contributed by atoms with van der Waals surface area (Å²) in [6.45, 7) is 1.61. The lowest BCUT2D eigenvalue weighted by molar-refractivity contribution is -0.137. The van der Waals surface area contributed by atoms with Gasteiger partial charge >= 0.3 is 6.18 Å². The van der Waals surface area contributed by atoms with Gasteiger partial charge in [-0.2, -0.15) is 13.2 Å². The van der Waals surface area contributed by atoms with E-state index >= 15 is 0 Å². The average Bonchev–Trinajstić information content (AvgIpc) is 2.37. The van der Waals surface area contributed by atoms with E-state index in [1.807, 2.05) is 0 Å². The van der Waals surface area contributed by atoms with Gasteiger partial charge in [-0.1, -0.05) is 34.1 Å². The highest BCUT2D eigenvalue weighted by molar-refractivity contribution is 9.10. The van der Waals surface area contributed by atoms with E-state index in [-0.39, 0.29) is 5.69 Å². The van der Waals surface area contributed by atoms with Crippen LogP contribution in [0.5, 0.6) is 0 Å². The van der Waals surface area contributed by atoms with Gasteiger partial charge in [0.25, 0.3) is 0 Å². The van der Waals surface area contributed by atoms with Crippen LogP contribution < -0.4 is 5.32 Å². The number of halogens is 5. The Bertz CT molecular complexity index is 640. The summed E-state index contributed by atoms with van der Waals surface area (Å²) >= 11 is 3.14. The van der Waals surface area contributed by atoms with Crippen LogP contribution in [0.4, 0.5) is 23.2 Å². The van der Waals surface area contributed by atoms with Crippen molar-refractivity contribution < 1.29 is 17.6 Å². The number of hydrogen-bond acceptors (Lipinski definition) is 1. The van der Waals surface area contributed by atoms with E-state index in [0.717, 1.165) is 6.07 Å². The third kappa shape index (κ3) is 3.75. The summed E-state index contributed by atoms with van der Waals surface area (Å²) in [5.41, 5.74) is -0.563. The van der Waals surface area contributed by atoms with Gasteiger partial charge in [0.2, 0.25) is 0 Å². The van der Waals surface area contributed by atoms with Crippen molar-refractivity contribution in [3.8, 4) is 0 Å². The molecule has 0 fully saturated rings. The van der Waals surface area contributed by atoms with Gasteiger partial charge in [0.1, 0.15) is 5.82 Å². The minimum absolute atomic E-state index is 0.0902. The molecule has 0 aliphatic rings.